The summed E-state index contributed by atoms with van der Waals surface area (Å²) < 4.78 is 4.98. The van der Waals surface area contributed by atoms with Gasteiger partial charge in [0.2, 0.25) is 0 Å². The molecule has 0 atom stereocenters. The maximum absolute atomic E-state index is 4.98. The van der Waals surface area contributed by atoms with Crippen LogP contribution >= 0.6 is 0 Å². The van der Waals surface area contributed by atoms with Crippen molar-refractivity contribution in [1.82, 2.24) is 5.32 Å². The molecule has 0 aromatic heterocycles. The Labute approximate surface area is 105 Å². The molecule has 0 aliphatic carbocycles. The Kier molecular flexibility index (Phi) is 6.90. The van der Waals surface area contributed by atoms with E-state index < -0.39 is 0 Å². The molecule has 96 valence electrons. The number of aryl methyl sites for hydroxylation is 3. The fraction of sp³-hybridized carbons (Fsp3) is 0.600. The quantitative estimate of drug-likeness (QED) is 0.700. The van der Waals surface area contributed by atoms with Gasteiger partial charge in [0.25, 0.3) is 0 Å². The van der Waals surface area contributed by atoms with E-state index in [0.29, 0.717) is 0 Å². The summed E-state index contributed by atoms with van der Waals surface area (Å²) in [4.78, 5) is 0. The number of ether oxygens (including phenoxy) is 1. The first-order valence-corrected chi connectivity index (χ1v) is 6.50. The first-order valence-electron chi connectivity index (χ1n) is 6.50. The SMILES string of the molecule is COCCNCCCCc1ccc(C)c(C)c1. The second kappa shape index (κ2) is 8.26. The molecular formula is C15H25NO. The summed E-state index contributed by atoms with van der Waals surface area (Å²) >= 11 is 0. The Morgan fingerprint density at radius 2 is 1.88 bits per heavy atom. The van der Waals surface area contributed by atoms with Gasteiger partial charge < -0.3 is 10.1 Å². The highest BCUT2D eigenvalue weighted by molar-refractivity contribution is 5.29. The molecule has 0 radical (unpaired) electrons. The number of unbranched alkanes of at least 4 members (excludes halogenated alkanes) is 1. The van der Waals surface area contributed by atoms with Crippen molar-refractivity contribution >= 4 is 0 Å². The summed E-state index contributed by atoms with van der Waals surface area (Å²) in [5.41, 5.74) is 4.25. The molecular weight excluding hydrogens is 210 g/mol. The number of rotatable bonds is 8. The van der Waals surface area contributed by atoms with Gasteiger partial charge in [-0.25, -0.2) is 0 Å². The lowest BCUT2D eigenvalue weighted by Crippen LogP contribution is -2.20. The highest BCUT2D eigenvalue weighted by atomic mass is 16.5. The van der Waals surface area contributed by atoms with Crippen molar-refractivity contribution in [2.45, 2.75) is 33.1 Å². The molecule has 1 aromatic carbocycles. The van der Waals surface area contributed by atoms with E-state index in [9.17, 15) is 0 Å². The van der Waals surface area contributed by atoms with Crippen LogP contribution in [-0.2, 0) is 11.2 Å². The van der Waals surface area contributed by atoms with Crippen LogP contribution in [0.4, 0.5) is 0 Å². The summed E-state index contributed by atoms with van der Waals surface area (Å²) in [6, 6.07) is 6.79. The predicted octanol–water partition coefficient (Wildman–Crippen LogP) is 2.86. The van der Waals surface area contributed by atoms with Crippen molar-refractivity contribution in [3.8, 4) is 0 Å². The summed E-state index contributed by atoms with van der Waals surface area (Å²) in [6.07, 6.45) is 3.67. The lowest BCUT2D eigenvalue weighted by atomic mass is 10.0. The van der Waals surface area contributed by atoms with Gasteiger partial charge in [-0.1, -0.05) is 18.2 Å². The van der Waals surface area contributed by atoms with Gasteiger partial charge in [-0.3, -0.25) is 0 Å². The molecule has 1 aromatic rings. The average Bonchev–Trinajstić information content (AvgIpc) is 2.32. The van der Waals surface area contributed by atoms with Crippen molar-refractivity contribution in [2.24, 2.45) is 0 Å². The zero-order valence-corrected chi connectivity index (χ0v) is 11.4. The summed E-state index contributed by atoms with van der Waals surface area (Å²) in [6.45, 7) is 7.20. The van der Waals surface area contributed by atoms with Crippen LogP contribution in [0, 0.1) is 13.8 Å². The normalized spacial score (nSPS) is 10.8. The summed E-state index contributed by atoms with van der Waals surface area (Å²) in [7, 11) is 1.74. The number of methoxy groups -OCH3 is 1. The number of hydrogen-bond donors (Lipinski definition) is 1. The molecule has 1 N–H and O–H groups in total. The van der Waals surface area contributed by atoms with E-state index in [1.165, 1.54) is 36.0 Å². The van der Waals surface area contributed by atoms with Gasteiger partial charge in [-0.05, 0) is 56.3 Å². The monoisotopic (exact) mass is 235 g/mol. The molecule has 0 saturated heterocycles. The molecule has 0 saturated carbocycles. The van der Waals surface area contributed by atoms with Gasteiger partial charge in [0.05, 0.1) is 6.61 Å². The topological polar surface area (TPSA) is 21.3 Å². The van der Waals surface area contributed by atoms with Crippen LogP contribution < -0.4 is 5.32 Å². The van der Waals surface area contributed by atoms with Gasteiger partial charge in [0.1, 0.15) is 0 Å². The fourth-order valence-corrected chi connectivity index (χ4v) is 1.84. The van der Waals surface area contributed by atoms with Crippen molar-refractivity contribution in [1.29, 1.82) is 0 Å². The van der Waals surface area contributed by atoms with Crippen molar-refractivity contribution in [3.63, 3.8) is 0 Å². The largest absolute Gasteiger partial charge is 0.383 e. The molecule has 0 unspecified atom stereocenters. The zero-order valence-electron chi connectivity index (χ0n) is 11.4. The van der Waals surface area contributed by atoms with Crippen LogP contribution in [0.15, 0.2) is 18.2 Å². The van der Waals surface area contributed by atoms with Gasteiger partial charge in [0, 0.05) is 13.7 Å². The fourth-order valence-electron chi connectivity index (χ4n) is 1.84. The lowest BCUT2D eigenvalue weighted by molar-refractivity contribution is 0.199. The minimum Gasteiger partial charge on any atom is -0.383 e. The maximum Gasteiger partial charge on any atom is 0.0587 e. The minimum atomic E-state index is 0.803. The second-order valence-corrected chi connectivity index (χ2v) is 4.62. The van der Waals surface area contributed by atoms with Crippen LogP contribution in [0.3, 0.4) is 0 Å². The van der Waals surface area contributed by atoms with Crippen LogP contribution in [0.1, 0.15) is 29.5 Å². The van der Waals surface area contributed by atoms with Gasteiger partial charge in [-0.15, -0.1) is 0 Å². The van der Waals surface area contributed by atoms with Crippen molar-refractivity contribution in [3.05, 3.63) is 34.9 Å². The van der Waals surface area contributed by atoms with E-state index in [2.05, 4.69) is 37.4 Å². The number of hydrogen-bond acceptors (Lipinski definition) is 2. The van der Waals surface area contributed by atoms with Crippen LogP contribution in [-0.4, -0.2) is 26.8 Å². The zero-order chi connectivity index (χ0) is 12.5. The standard InChI is InChI=1S/C15H25NO/c1-13-7-8-15(12-14(13)2)6-4-5-9-16-10-11-17-3/h7-8,12,16H,4-6,9-11H2,1-3H3. The van der Waals surface area contributed by atoms with Gasteiger partial charge in [0.15, 0.2) is 0 Å². The van der Waals surface area contributed by atoms with Crippen LogP contribution in [0.5, 0.6) is 0 Å². The van der Waals surface area contributed by atoms with Crippen molar-refractivity contribution in [2.75, 3.05) is 26.8 Å². The third-order valence-corrected chi connectivity index (χ3v) is 3.12. The minimum absolute atomic E-state index is 0.803. The van der Waals surface area contributed by atoms with Gasteiger partial charge >= 0.3 is 0 Å². The Hall–Kier alpha value is -0.860. The number of nitrogens with one attached hydrogen (secondary N) is 1. The maximum atomic E-state index is 4.98. The highest BCUT2D eigenvalue weighted by Crippen LogP contribution is 2.11. The smallest absolute Gasteiger partial charge is 0.0587 e. The van der Waals surface area contributed by atoms with Crippen LogP contribution in [0.25, 0.3) is 0 Å². The molecule has 0 spiro atoms. The summed E-state index contributed by atoms with van der Waals surface area (Å²) in [5, 5.41) is 3.37. The summed E-state index contributed by atoms with van der Waals surface area (Å²) in [5.74, 6) is 0. The van der Waals surface area contributed by atoms with E-state index in [-0.39, 0.29) is 0 Å². The van der Waals surface area contributed by atoms with E-state index in [4.69, 9.17) is 4.74 Å². The second-order valence-electron chi connectivity index (χ2n) is 4.62. The molecule has 0 amide bonds. The van der Waals surface area contributed by atoms with E-state index in [0.717, 1.165) is 19.7 Å². The van der Waals surface area contributed by atoms with E-state index in [1.54, 1.807) is 7.11 Å². The Morgan fingerprint density at radius 3 is 2.59 bits per heavy atom. The van der Waals surface area contributed by atoms with E-state index >= 15 is 0 Å². The Bertz CT molecular complexity index is 323. The van der Waals surface area contributed by atoms with Gasteiger partial charge in [-0.2, -0.15) is 0 Å². The molecule has 0 fully saturated rings. The third kappa shape index (κ3) is 5.85. The molecule has 0 bridgehead atoms. The molecule has 2 nitrogen and oxygen atoms in total. The highest BCUT2D eigenvalue weighted by Gasteiger charge is 1.96. The molecule has 17 heavy (non-hydrogen) atoms. The molecule has 0 heterocycles. The number of benzene rings is 1. The third-order valence-electron chi connectivity index (χ3n) is 3.12. The average molecular weight is 235 g/mol. The molecule has 0 aliphatic heterocycles. The molecule has 2 heteroatoms. The van der Waals surface area contributed by atoms with Crippen LogP contribution in [0.2, 0.25) is 0 Å². The first kappa shape index (κ1) is 14.2. The van der Waals surface area contributed by atoms with Crippen molar-refractivity contribution < 1.29 is 4.74 Å². The molecule has 1 rings (SSSR count). The first-order chi connectivity index (χ1) is 8.24. The lowest BCUT2D eigenvalue weighted by Gasteiger charge is -2.06. The van der Waals surface area contributed by atoms with E-state index in [1.807, 2.05) is 0 Å². The predicted molar refractivity (Wildman–Crippen MR) is 73.6 cm³/mol. The molecule has 0 aliphatic rings. The Balaban J connectivity index is 2.11. The Morgan fingerprint density at radius 1 is 1.06 bits per heavy atom.